The molecule has 1 aliphatic rings. The molecule has 0 aliphatic heterocycles. The Hall–Kier alpha value is -2.09. The fraction of sp³-hybridized carbons (Fsp3) is 0.619. The fourth-order valence-electron chi connectivity index (χ4n) is 3.42. The highest BCUT2D eigenvalue weighted by Crippen LogP contribution is 2.23. The summed E-state index contributed by atoms with van der Waals surface area (Å²) >= 11 is 0. The molecule has 7 nitrogen and oxygen atoms in total. The summed E-state index contributed by atoms with van der Waals surface area (Å²) in [5.74, 6) is 1.07. The van der Waals surface area contributed by atoms with Gasteiger partial charge in [0.25, 0.3) is 0 Å². The first-order valence-corrected chi connectivity index (χ1v) is 12.4. The molecular formula is C21H34N4O3S. The highest BCUT2D eigenvalue weighted by Gasteiger charge is 2.20. The average molecular weight is 423 g/mol. The minimum Gasteiger partial charge on any atom is -0.357 e. The number of benzene rings is 1. The molecule has 0 spiro atoms. The SMILES string of the molecule is CCNC(=NCCc1ccc(S(C)(=O)=O)cc1)NCCNC(=O)C1CCCCC1. The summed E-state index contributed by atoms with van der Waals surface area (Å²) in [5, 5.41) is 9.45. The van der Waals surface area contributed by atoms with Gasteiger partial charge < -0.3 is 16.0 Å². The normalized spacial score (nSPS) is 15.7. The van der Waals surface area contributed by atoms with Gasteiger partial charge in [-0.2, -0.15) is 0 Å². The molecule has 1 saturated carbocycles. The van der Waals surface area contributed by atoms with Gasteiger partial charge in [0, 0.05) is 38.4 Å². The summed E-state index contributed by atoms with van der Waals surface area (Å²) in [7, 11) is -3.16. The molecule has 0 aromatic heterocycles. The molecule has 0 radical (unpaired) electrons. The van der Waals surface area contributed by atoms with Crippen molar-refractivity contribution in [3.8, 4) is 0 Å². The van der Waals surface area contributed by atoms with Gasteiger partial charge in [0.15, 0.2) is 15.8 Å². The van der Waals surface area contributed by atoms with E-state index < -0.39 is 9.84 Å². The van der Waals surface area contributed by atoms with Crippen LogP contribution in [0.5, 0.6) is 0 Å². The highest BCUT2D eigenvalue weighted by atomic mass is 32.2. The number of rotatable bonds is 9. The Balaban J connectivity index is 1.73. The van der Waals surface area contributed by atoms with Gasteiger partial charge in [-0.25, -0.2) is 8.42 Å². The zero-order valence-corrected chi connectivity index (χ0v) is 18.4. The molecule has 1 aliphatic carbocycles. The second kappa shape index (κ2) is 11.8. The zero-order valence-electron chi connectivity index (χ0n) is 17.5. The van der Waals surface area contributed by atoms with Gasteiger partial charge in [-0.1, -0.05) is 31.4 Å². The molecule has 2 rings (SSSR count). The van der Waals surface area contributed by atoms with E-state index in [2.05, 4.69) is 20.9 Å². The minimum absolute atomic E-state index is 0.172. The quantitative estimate of drug-likeness (QED) is 0.321. The number of carbonyl (C=O) groups is 1. The standard InChI is InChI=1S/C21H34N4O3S/c1-3-22-21(25-16-15-23-20(26)18-7-5-4-6-8-18)24-14-13-17-9-11-19(12-10-17)29(2,27)28/h9-12,18H,3-8,13-16H2,1-2H3,(H,23,26)(H2,22,24,25). The lowest BCUT2D eigenvalue weighted by atomic mass is 9.89. The molecule has 3 N–H and O–H groups in total. The van der Waals surface area contributed by atoms with Gasteiger partial charge in [-0.05, 0) is 43.9 Å². The first-order chi connectivity index (χ1) is 13.9. The third-order valence-corrected chi connectivity index (χ3v) is 6.19. The molecule has 1 fully saturated rings. The zero-order chi connectivity index (χ0) is 21.1. The van der Waals surface area contributed by atoms with Crippen molar-refractivity contribution in [1.29, 1.82) is 0 Å². The van der Waals surface area contributed by atoms with E-state index in [-0.39, 0.29) is 11.8 Å². The van der Waals surface area contributed by atoms with Crippen molar-refractivity contribution >= 4 is 21.7 Å². The van der Waals surface area contributed by atoms with Crippen LogP contribution in [0.3, 0.4) is 0 Å². The first-order valence-electron chi connectivity index (χ1n) is 10.5. The monoisotopic (exact) mass is 422 g/mol. The van der Waals surface area contributed by atoms with Crippen LogP contribution < -0.4 is 16.0 Å². The topological polar surface area (TPSA) is 99.7 Å². The summed E-state index contributed by atoms with van der Waals surface area (Å²) in [5.41, 5.74) is 1.04. The summed E-state index contributed by atoms with van der Waals surface area (Å²) in [6.45, 7) is 4.54. The number of aliphatic imine (C=N–C) groups is 1. The van der Waals surface area contributed by atoms with E-state index in [0.29, 0.717) is 30.5 Å². The molecule has 8 heteroatoms. The Bertz CT molecular complexity index is 770. The number of hydrogen-bond acceptors (Lipinski definition) is 4. The van der Waals surface area contributed by atoms with Crippen molar-refractivity contribution < 1.29 is 13.2 Å². The number of nitrogens with zero attached hydrogens (tertiary/aromatic N) is 1. The number of carbonyl (C=O) groups excluding carboxylic acids is 1. The van der Waals surface area contributed by atoms with Crippen molar-refractivity contribution in [1.82, 2.24) is 16.0 Å². The van der Waals surface area contributed by atoms with Crippen LogP contribution in [-0.4, -0.2) is 52.7 Å². The van der Waals surface area contributed by atoms with E-state index in [0.717, 1.165) is 44.2 Å². The molecule has 0 bridgehead atoms. The lowest BCUT2D eigenvalue weighted by molar-refractivity contribution is -0.125. The third-order valence-electron chi connectivity index (χ3n) is 5.06. The summed E-state index contributed by atoms with van der Waals surface area (Å²) in [6, 6.07) is 6.92. The smallest absolute Gasteiger partial charge is 0.223 e. The Morgan fingerprint density at radius 2 is 1.69 bits per heavy atom. The van der Waals surface area contributed by atoms with Crippen molar-refractivity contribution in [2.24, 2.45) is 10.9 Å². The largest absolute Gasteiger partial charge is 0.357 e. The maximum atomic E-state index is 12.2. The van der Waals surface area contributed by atoms with Crippen LogP contribution in [0, 0.1) is 5.92 Å². The van der Waals surface area contributed by atoms with E-state index in [4.69, 9.17) is 0 Å². The van der Waals surface area contributed by atoms with E-state index >= 15 is 0 Å². The van der Waals surface area contributed by atoms with Gasteiger partial charge in [0.05, 0.1) is 4.90 Å². The van der Waals surface area contributed by atoms with Crippen LogP contribution in [0.25, 0.3) is 0 Å². The van der Waals surface area contributed by atoms with E-state index in [1.54, 1.807) is 12.1 Å². The molecule has 0 heterocycles. The molecule has 1 aromatic carbocycles. The van der Waals surface area contributed by atoms with Gasteiger partial charge in [0.1, 0.15) is 0 Å². The van der Waals surface area contributed by atoms with Gasteiger partial charge >= 0.3 is 0 Å². The van der Waals surface area contributed by atoms with Crippen LogP contribution in [0.2, 0.25) is 0 Å². The molecule has 0 saturated heterocycles. The van der Waals surface area contributed by atoms with Crippen LogP contribution in [0.15, 0.2) is 34.2 Å². The predicted molar refractivity (Wildman–Crippen MR) is 117 cm³/mol. The maximum absolute atomic E-state index is 12.2. The van der Waals surface area contributed by atoms with E-state index in [1.807, 2.05) is 19.1 Å². The van der Waals surface area contributed by atoms with Crippen LogP contribution >= 0.6 is 0 Å². The number of guanidine groups is 1. The Morgan fingerprint density at radius 3 is 2.31 bits per heavy atom. The minimum atomic E-state index is -3.16. The second-order valence-electron chi connectivity index (χ2n) is 7.48. The van der Waals surface area contributed by atoms with Crippen LogP contribution in [0.1, 0.15) is 44.6 Å². The third kappa shape index (κ3) is 8.43. The lowest BCUT2D eigenvalue weighted by Gasteiger charge is -2.21. The van der Waals surface area contributed by atoms with E-state index in [9.17, 15) is 13.2 Å². The highest BCUT2D eigenvalue weighted by molar-refractivity contribution is 7.90. The van der Waals surface area contributed by atoms with Crippen molar-refractivity contribution in [2.45, 2.75) is 50.3 Å². The number of nitrogens with one attached hydrogen (secondary N) is 3. The number of amides is 1. The number of sulfone groups is 1. The molecule has 0 unspecified atom stereocenters. The molecule has 0 atom stereocenters. The van der Waals surface area contributed by atoms with Crippen molar-refractivity contribution in [2.75, 3.05) is 32.4 Å². The summed E-state index contributed by atoms with van der Waals surface area (Å²) in [6.07, 6.45) is 7.51. The first kappa shape index (κ1) is 23.2. The van der Waals surface area contributed by atoms with Crippen LogP contribution in [0.4, 0.5) is 0 Å². The van der Waals surface area contributed by atoms with Gasteiger partial charge in [-0.15, -0.1) is 0 Å². The molecule has 1 aromatic rings. The Labute approximate surface area is 174 Å². The molecule has 29 heavy (non-hydrogen) atoms. The Kier molecular flexibility index (Phi) is 9.44. The molecule has 1 amide bonds. The van der Waals surface area contributed by atoms with Gasteiger partial charge in [0.2, 0.25) is 5.91 Å². The average Bonchev–Trinajstić information content (AvgIpc) is 2.71. The fourth-order valence-corrected chi connectivity index (χ4v) is 4.05. The second-order valence-corrected chi connectivity index (χ2v) is 9.50. The molecule has 162 valence electrons. The van der Waals surface area contributed by atoms with Crippen molar-refractivity contribution in [3.63, 3.8) is 0 Å². The van der Waals surface area contributed by atoms with Crippen molar-refractivity contribution in [3.05, 3.63) is 29.8 Å². The summed E-state index contributed by atoms with van der Waals surface area (Å²) in [4.78, 5) is 17.0. The predicted octanol–water partition coefficient (Wildman–Crippen LogP) is 1.88. The lowest BCUT2D eigenvalue weighted by Crippen LogP contribution is -2.42. The maximum Gasteiger partial charge on any atom is 0.223 e. The van der Waals surface area contributed by atoms with Crippen LogP contribution in [-0.2, 0) is 21.1 Å². The Morgan fingerprint density at radius 1 is 1.03 bits per heavy atom. The number of hydrogen-bond donors (Lipinski definition) is 3. The molecular weight excluding hydrogens is 388 g/mol. The summed E-state index contributed by atoms with van der Waals surface area (Å²) < 4.78 is 23.0. The van der Waals surface area contributed by atoms with E-state index in [1.165, 1.54) is 12.7 Å². The van der Waals surface area contributed by atoms with Gasteiger partial charge in [-0.3, -0.25) is 9.79 Å².